The van der Waals surface area contributed by atoms with Crippen molar-refractivity contribution in [2.24, 2.45) is 11.7 Å². The number of hydrogen-bond acceptors (Lipinski definition) is 4. The number of nitrogens with one attached hydrogen (secondary N) is 2. The molecule has 20 heavy (non-hydrogen) atoms. The molecule has 6 heteroatoms. The highest BCUT2D eigenvalue weighted by atomic mass is 16.2. The molecule has 0 saturated carbocycles. The van der Waals surface area contributed by atoms with Gasteiger partial charge in [0.2, 0.25) is 5.91 Å². The van der Waals surface area contributed by atoms with E-state index in [9.17, 15) is 9.59 Å². The van der Waals surface area contributed by atoms with Crippen LogP contribution in [0.15, 0.2) is 0 Å². The average molecular weight is 284 g/mol. The van der Waals surface area contributed by atoms with Crippen LogP contribution in [0.25, 0.3) is 0 Å². The van der Waals surface area contributed by atoms with Gasteiger partial charge in [-0.05, 0) is 38.6 Å². The fourth-order valence-electron chi connectivity index (χ4n) is 2.45. The minimum Gasteiger partial charge on any atom is -0.338 e. The molecule has 0 radical (unpaired) electrons. The second-order valence-electron chi connectivity index (χ2n) is 5.62. The largest absolute Gasteiger partial charge is 0.338 e. The molecule has 0 aliphatic carbocycles. The van der Waals surface area contributed by atoms with Gasteiger partial charge in [-0.15, -0.1) is 0 Å². The number of rotatable bonds is 6. The smallest absolute Gasteiger partial charge is 0.321 e. The second kappa shape index (κ2) is 8.92. The van der Waals surface area contributed by atoms with Gasteiger partial charge in [-0.1, -0.05) is 13.3 Å². The molecular weight excluding hydrogens is 256 g/mol. The van der Waals surface area contributed by atoms with E-state index in [0.29, 0.717) is 25.0 Å². The number of amides is 3. The SMILES string of the molecule is CCCCNC(=O)NC(=O)CN1CC(CN)CCC1C. The normalized spacial score (nSPS) is 23.4. The molecule has 1 heterocycles. The third kappa shape index (κ3) is 5.88. The lowest BCUT2D eigenvalue weighted by Gasteiger charge is -2.37. The summed E-state index contributed by atoms with van der Waals surface area (Å²) in [6.45, 7) is 6.52. The molecule has 1 aliphatic heterocycles. The Bertz CT molecular complexity index is 322. The van der Waals surface area contributed by atoms with Crippen LogP contribution in [-0.4, -0.2) is 49.1 Å². The van der Waals surface area contributed by atoms with E-state index >= 15 is 0 Å². The summed E-state index contributed by atoms with van der Waals surface area (Å²) in [6.07, 6.45) is 4.11. The third-order valence-electron chi connectivity index (χ3n) is 3.86. The number of likely N-dealkylation sites (tertiary alicyclic amines) is 1. The van der Waals surface area contributed by atoms with Gasteiger partial charge in [0.25, 0.3) is 0 Å². The van der Waals surface area contributed by atoms with Gasteiger partial charge in [0.1, 0.15) is 0 Å². The lowest BCUT2D eigenvalue weighted by Crippen LogP contribution is -2.50. The number of nitrogens with zero attached hydrogens (tertiary/aromatic N) is 1. The fourth-order valence-corrected chi connectivity index (χ4v) is 2.45. The van der Waals surface area contributed by atoms with E-state index < -0.39 is 6.03 Å². The highest BCUT2D eigenvalue weighted by molar-refractivity contribution is 5.95. The predicted octanol–water partition coefficient (Wildman–Crippen LogP) is 0.672. The molecule has 116 valence electrons. The quantitative estimate of drug-likeness (QED) is 0.626. The predicted molar refractivity (Wildman–Crippen MR) is 79.3 cm³/mol. The zero-order valence-electron chi connectivity index (χ0n) is 12.7. The van der Waals surface area contributed by atoms with Crippen molar-refractivity contribution in [3.8, 4) is 0 Å². The van der Waals surface area contributed by atoms with E-state index in [4.69, 9.17) is 5.73 Å². The van der Waals surface area contributed by atoms with Crippen LogP contribution >= 0.6 is 0 Å². The fraction of sp³-hybridized carbons (Fsp3) is 0.857. The molecule has 0 bridgehead atoms. The van der Waals surface area contributed by atoms with Crippen molar-refractivity contribution in [2.75, 3.05) is 26.2 Å². The first kappa shape index (κ1) is 16.9. The van der Waals surface area contributed by atoms with Crippen molar-refractivity contribution in [2.45, 2.75) is 45.6 Å². The molecule has 0 spiro atoms. The number of carbonyl (C=O) groups is 2. The number of imide groups is 1. The van der Waals surface area contributed by atoms with E-state index in [1.165, 1.54) is 0 Å². The molecule has 1 saturated heterocycles. The molecule has 0 aromatic rings. The summed E-state index contributed by atoms with van der Waals surface area (Å²) in [4.78, 5) is 25.4. The molecule has 6 nitrogen and oxygen atoms in total. The summed E-state index contributed by atoms with van der Waals surface area (Å²) in [5, 5.41) is 5.05. The molecule has 0 aromatic carbocycles. The maximum atomic E-state index is 11.9. The number of hydrogen-bond donors (Lipinski definition) is 3. The van der Waals surface area contributed by atoms with E-state index in [1.54, 1.807) is 0 Å². The summed E-state index contributed by atoms with van der Waals surface area (Å²) >= 11 is 0. The minimum atomic E-state index is -0.400. The molecule has 4 N–H and O–H groups in total. The highest BCUT2D eigenvalue weighted by Gasteiger charge is 2.26. The minimum absolute atomic E-state index is 0.247. The summed E-state index contributed by atoms with van der Waals surface area (Å²) < 4.78 is 0. The first-order chi connectivity index (χ1) is 9.56. The number of carbonyl (C=O) groups excluding carboxylic acids is 2. The molecule has 2 atom stereocenters. The standard InChI is InChI=1S/C14H28N4O2/c1-3-4-7-16-14(20)17-13(19)10-18-9-12(8-15)6-5-11(18)2/h11-12H,3-10,15H2,1-2H3,(H2,16,17,19,20). The van der Waals surface area contributed by atoms with Crippen molar-refractivity contribution in [3.05, 3.63) is 0 Å². The number of piperidine rings is 1. The number of unbranched alkanes of at least 4 members (excludes halogenated alkanes) is 1. The highest BCUT2D eigenvalue weighted by Crippen LogP contribution is 2.20. The Balaban J connectivity index is 2.31. The zero-order chi connectivity index (χ0) is 15.0. The first-order valence-electron chi connectivity index (χ1n) is 7.58. The van der Waals surface area contributed by atoms with Crippen molar-refractivity contribution in [1.82, 2.24) is 15.5 Å². The van der Waals surface area contributed by atoms with Crippen LogP contribution in [-0.2, 0) is 4.79 Å². The van der Waals surface area contributed by atoms with Crippen LogP contribution in [0, 0.1) is 5.92 Å². The van der Waals surface area contributed by atoms with Crippen molar-refractivity contribution >= 4 is 11.9 Å². The van der Waals surface area contributed by atoms with Crippen LogP contribution in [0.2, 0.25) is 0 Å². The Kier molecular flexibility index (Phi) is 7.54. The van der Waals surface area contributed by atoms with Crippen molar-refractivity contribution < 1.29 is 9.59 Å². The maximum absolute atomic E-state index is 11.9. The van der Waals surface area contributed by atoms with E-state index in [2.05, 4.69) is 29.4 Å². The van der Waals surface area contributed by atoms with E-state index in [-0.39, 0.29) is 12.5 Å². The Morgan fingerprint density at radius 1 is 1.35 bits per heavy atom. The topological polar surface area (TPSA) is 87.5 Å². The lowest BCUT2D eigenvalue weighted by molar-refractivity contribution is -0.122. The van der Waals surface area contributed by atoms with Gasteiger partial charge in [-0.3, -0.25) is 15.0 Å². The van der Waals surface area contributed by atoms with E-state index in [1.807, 2.05) is 0 Å². The van der Waals surface area contributed by atoms with E-state index in [0.717, 1.165) is 32.2 Å². The molecule has 1 fully saturated rings. The van der Waals surface area contributed by atoms with Crippen LogP contribution < -0.4 is 16.4 Å². The van der Waals surface area contributed by atoms with Gasteiger partial charge < -0.3 is 11.1 Å². The Morgan fingerprint density at radius 3 is 2.75 bits per heavy atom. The number of nitrogens with two attached hydrogens (primary N) is 1. The van der Waals surface area contributed by atoms with Crippen molar-refractivity contribution in [1.29, 1.82) is 0 Å². The van der Waals surface area contributed by atoms with Crippen molar-refractivity contribution in [3.63, 3.8) is 0 Å². The number of urea groups is 1. The molecule has 0 aromatic heterocycles. The lowest BCUT2D eigenvalue weighted by atomic mass is 9.93. The van der Waals surface area contributed by atoms with Gasteiger partial charge >= 0.3 is 6.03 Å². The second-order valence-corrected chi connectivity index (χ2v) is 5.62. The third-order valence-corrected chi connectivity index (χ3v) is 3.86. The molecule has 3 amide bonds. The molecule has 2 unspecified atom stereocenters. The summed E-state index contributed by atoms with van der Waals surface area (Å²) in [7, 11) is 0. The summed E-state index contributed by atoms with van der Waals surface area (Å²) in [5.74, 6) is 0.209. The van der Waals surface area contributed by atoms with Crippen LogP contribution in [0.1, 0.15) is 39.5 Å². The van der Waals surface area contributed by atoms with Crippen LogP contribution in [0.3, 0.4) is 0 Å². The van der Waals surface area contributed by atoms with Gasteiger partial charge in [-0.2, -0.15) is 0 Å². The Morgan fingerprint density at radius 2 is 2.10 bits per heavy atom. The van der Waals surface area contributed by atoms with Gasteiger partial charge in [0.15, 0.2) is 0 Å². The Labute approximate surface area is 121 Å². The summed E-state index contributed by atoms with van der Waals surface area (Å²) in [6, 6.07) is -0.0322. The zero-order valence-corrected chi connectivity index (χ0v) is 12.7. The van der Waals surface area contributed by atoms with Gasteiger partial charge in [0.05, 0.1) is 6.54 Å². The van der Waals surface area contributed by atoms with Crippen LogP contribution in [0.4, 0.5) is 4.79 Å². The molecule has 1 aliphatic rings. The van der Waals surface area contributed by atoms with Gasteiger partial charge in [-0.25, -0.2) is 4.79 Å². The maximum Gasteiger partial charge on any atom is 0.321 e. The Hall–Kier alpha value is -1.14. The van der Waals surface area contributed by atoms with Crippen LogP contribution in [0.5, 0.6) is 0 Å². The van der Waals surface area contributed by atoms with Gasteiger partial charge in [0, 0.05) is 19.1 Å². The molecule has 1 rings (SSSR count). The monoisotopic (exact) mass is 284 g/mol. The summed E-state index contributed by atoms with van der Waals surface area (Å²) in [5.41, 5.74) is 5.70. The first-order valence-corrected chi connectivity index (χ1v) is 7.58. The average Bonchev–Trinajstić information content (AvgIpc) is 2.41. The molecular formula is C14H28N4O2.